The molecule has 0 aliphatic heterocycles. The molecule has 0 aliphatic carbocycles. The number of benzene rings is 1. The zero-order valence-electron chi connectivity index (χ0n) is 13.5. The first kappa shape index (κ1) is 18.3. The second-order valence-corrected chi connectivity index (χ2v) is 6.69. The van der Waals surface area contributed by atoms with Crippen molar-refractivity contribution in [3.63, 3.8) is 0 Å². The number of hydrogen-bond acceptors (Lipinski definition) is 5. The fourth-order valence-electron chi connectivity index (χ4n) is 1.88. The number of rotatable bonds is 5. The molecular formula is C17H17ClN2O3S. The van der Waals surface area contributed by atoms with Gasteiger partial charge in [-0.25, -0.2) is 9.78 Å². The predicted molar refractivity (Wildman–Crippen MR) is 93.4 cm³/mol. The summed E-state index contributed by atoms with van der Waals surface area (Å²) in [6.07, 6.45) is 0.741. The molecule has 2 aromatic rings. The maximum absolute atomic E-state index is 12.4. The van der Waals surface area contributed by atoms with Crippen LogP contribution in [0, 0.1) is 0 Å². The summed E-state index contributed by atoms with van der Waals surface area (Å²) in [4.78, 5) is 30.7. The number of pyridine rings is 1. The Morgan fingerprint density at radius 3 is 2.50 bits per heavy atom. The highest BCUT2D eigenvalue weighted by atomic mass is 35.5. The summed E-state index contributed by atoms with van der Waals surface area (Å²) in [6, 6.07) is 10.5. The van der Waals surface area contributed by atoms with Crippen LogP contribution in [-0.4, -0.2) is 42.0 Å². The second-order valence-electron chi connectivity index (χ2n) is 5.19. The van der Waals surface area contributed by atoms with Crippen LogP contribution in [0.15, 0.2) is 52.5 Å². The summed E-state index contributed by atoms with van der Waals surface area (Å²) >= 11 is 7.20. The minimum atomic E-state index is -0.860. The third-order valence-corrected chi connectivity index (χ3v) is 4.37. The van der Waals surface area contributed by atoms with Gasteiger partial charge in [0.1, 0.15) is 5.03 Å². The Bertz CT molecular complexity index is 735. The van der Waals surface area contributed by atoms with Gasteiger partial charge in [0.15, 0.2) is 6.10 Å². The molecule has 0 saturated carbocycles. The lowest BCUT2D eigenvalue weighted by atomic mass is 10.3. The Morgan fingerprint density at radius 1 is 1.21 bits per heavy atom. The first-order valence-corrected chi connectivity index (χ1v) is 8.38. The molecule has 0 saturated heterocycles. The van der Waals surface area contributed by atoms with Gasteiger partial charge in [0.2, 0.25) is 0 Å². The van der Waals surface area contributed by atoms with E-state index in [1.165, 1.54) is 16.7 Å². The van der Waals surface area contributed by atoms with Crippen LogP contribution in [0.1, 0.15) is 17.3 Å². The average molecular weight is 365 g/mol. The number of aromatic nitrogens is 1. The van der Waals surface area contributed by atoms with E-state index in [9.17, 15) is 9.59 Å². The lowest BCUT2D eigenvalue weighted by Gasteiger charge is -2.17. The van der Waals surface area contributed by atoms with Crippen molar-refractivity contribution >= 4 is 35.2 Å². The predicted octanol–water partition coefficient (Wildman–Crippen LogP) is 3.52. The highest BCUT2D eigenvalue weighted by molar-refractivity contribution is 7.99. The largest absolute Gasteiger partial charge is 0.449 e. The number of halogens is 1. The molecule has 0 fully saturated rings. The highest BCUT2D eigenvalue weighted by Crippen LogP contribution is 2.30. The normalized spacial score (nSPS) is 11.7. The van der Waals surface area contributed by atoms with Crippen LogP contribution >= 0.6 is 23.4 Å². The smallest absolute Gasteiger partial charge is 0.341 e. The number of likely N-dealkylation sites (N-methyl/N-ethyl adjacent to an activating group) is 1. The molecule has 2 rings (SSSR count). The third kappa shape index (κ3) is 4.72. The van der Waals surface area contributed by atoms with E-state index in [4.69, 9.17) is 16.3 Å². The second kappa shape index (κ2) is 8.17. The van der Waals surface area contributed by atoms with Crippen molar-refractivity contribution in [2.45, 2.75) is 22.9 Å². The molecule has 0 aliphatic rings. The van der Waals surface area contributed by atoms with E-state index in [1.54, 1.807) is 51.5 Å². The lowest BCUT2D eigenvalue weighted by molar-refractivity contribution is -0.137. The molecule has 1 aromatic carbocycles. The molecule has 0 spiro atoms. The van der Waals surface area contributed by atoms with E-state index in [0.717, 1.165) is 4.90 Å². The molecule has 0 N–H and O–H groups in total. The van der Waals surface area contributed by atoms with E-state index >= 15 is 0 Å². The Labute approximate surface area is 150 Å². The third-order valence-electron chi connectivity index (χ3n) is 3.09. The van der Waals surface area contributed by atoms with E-state index in [1.807, 2.05) is 12.1 Å². The van der Waals surface area contributed by atoms with Gasteiger partial charge < -0.3 is 9.64 Å². The first-order chi connectivity index (χ1) is 11.4. The van der Waals surface area contributed by atoms with E-state index in [-0.39, 0.29) is 5.91 Å². The zero-order chi connectivity index (χ0) is 17.7. The average Bonchev–Trinajstić information content (AvgIpc) is 2.56. The van der Waals surface area contributed by atoms with Crippen LogP contribution in [0.2, 0.25) is 5.02 Å². The topological polar surface area (TPSA) is 59.5 Å². The van der Waals surface area contributed by atoms with Crippen LogP contribution in [0.4, 0.5) is 0 Å². The molecule has 1 atom stereocenters. The summed E-state index contributed by atoms with van der Waals surface area (Å²) in [6.45, 7) is 1.54. The highest BCUT2D eigenvalue weighted by Gasteiger charge is 2.22. The molecule has 0 bridgehead atoms. The molecule has 0 radical (unpaired) electrons. The van der Waals surface area contributed by atoms with Crippen molar-refractivity contribution in [2.75, 3.05) is 14.1 Å². The maximum atomic E-state index is 12.4. The number of esters is 1. The standard InChI is InChI=1S/C17H17ClN2O3S/c1-11(16(21)20(2)3)23-17(22)14-5-4-10-19-15(14)24-13-8-6-12(18)7-9-13/h4-11H,1-3H3/t11-/m0/s1. The first-order valence-electron chi connectivity index (χ1n) is 7.19. The number of carbonyl (C=O) groups is 2. The summed E-state index contributed by atoms with van der Waals surface area (Å²) in [5, 5.41) is 1.14. The van der Waals surface area contributed by atoms with Gasteiger partial charge in [-0.2, -0.15) is 0 Å². The minimum absolute atomic E-state index is 0.279. The summed E-state index contributed by atoms with van der Waals surface area (Å²) in [5.74, 6) is -0.860. The van der Waals surface area contributed by atoms with E-state index in [0.29, 0.717) is 15.6 Å². The van der Waals surface area contributed by atoms with E-state index < -0.39 is 12.1 Å². The monoisotopic (exact) mass is 364 g/mol. The fraction of sp³-hybridized carbons (Fsp3) is 0.235. The Balaban J connectivity index is 2.17. The van der Waals surface area contributed by atoms with Crippen LogP contribution in [-0.2, 0) is 9.53 Å². The quantitative estimate of drug-likeness (QED) is 0.760. The van der Waals surface area contributed by atoms with Crippen molar-refractivity contribution in [1.29, 1.82) is 0 Å². The van der Waals surface area contributed by atoms with Crippen LogP contribution in [0.3, 0.4) is 0 Å². The molecule has 0 unspecified atom stereocenters. The maximum Gasteiger partial charge on any atom is 0.341 e. The van der Waals surface area contributed by atoms with E-state index in [2.05, 4.69) is 4.98 Å². The Morgan fingerprint density at radius 2 is 1.88 bits per heavy atom. The minimum Gasteiger partial charge on any atom is -0.449 e. The van der Waals surface area contributed by atoms with Gasteiger partial charge >= 0.3 is 5.97 Å². The number of hydrogen-bond donors (Lipinski definition) is 0. The molecule has 1 heterocycles. The van der Waals surface area contributed by atoms with Crippen LogP contribution < -0.4 is 0 Å². The van der Waals surface area contributed by atoms with Gasteiger partial charge in [-0.3, -0.25) is 4.79 Å². The van der Waals surface area contributed by atoms with Crippen molar-refractivity contribution < 1.29 is 14.3 Å². The van der Waals surface area contributed by atoms with Gasteiger partial charge in [-0.15, -0.1) is 0 Å². The molecule has 24 heavy (non-hydrogen) atoms. The van der Waals surface area contributed by atoms with Crippen molar-refractivity contribution in [2.24, 2.45) is 0 Å². The zero-order valence-corrected chi connectivity index (χ0v) is 15.1. The molecule has 1 aromatic heterocycles. The molecule has 126 valence electrons. The van der Waals surface area contributed by atoms with Gasteiger partial charge in [0, 0.05) is 30.2 Å². The summed E-state index contributed by atoms with van der Waals surface area (Å²) in [7, 11) is 3.22. The van der Waals surface area contributed by atoms with Gasteiger partial charge in [-0.05, 0) is 43.3 Å². The van der Waals surface area contributed by atoms with Crippen molar-refractivity contribution in [3.05, 3.63) is 53.2 Å². The number of amides is 1. The number of ether oxygens (including phenoxy) is 1. The number of nitrogens with zero attached hydrogens (tertiary/aromatic N) is 2. The number of carbonyl (C=O) groups excluding carboxylic acids is 2. The van der Waals surface area contributed by atoms with Crippen LogP contribution in [0.25, 0.3) is 0 Å². The molecular weight excluding hydrogens is 348 g/mol. The van der Waals surface area contributed by atoms with Crippen LogP contribution in [0.5, 0.6) is 0 Å². The lowest BCUT2D eigenvalue weighted by Crippen LogP contribution is -2.35. The van der Waals surface area contributed by atoms with Gasteiger partial charge in [0.25, 0.3) is 5.91 Å². The Kier molecular flexibility index (Phi) is 6.23. The molecule has 1 amide bonds. The van der Waals surface area contributed by atoms with Crippen molar-refractivity contribution in [3.8, 4) is 0 Å². The van der Waals surface area contributed by atoms with Gasteiger partial charge in [0.05, 0.1) is 5.56 Å². The molecule has 7 heteroatoms. The SMILES string of the molecule is C[C@H](OC(=O)c1cccnc1Sc1ccc(Cl)cc1)C(=O)N(C)C. The Hall–Kier alpha value is -2.05. The summed E-state index contributed by atoms with van der Waals surface area (Å²) in [5.41, 5.74) is 0.316. The summed E-state index contributed by atoms with van der Waals surface area (Å²) < 4.78 is 5.25. The van der Waals surface area contributed by atoms with Gasteiger partial charge in [-0.1, -0.05) is 23.4 Å². The van der Waals surface area contributed by atoms with Crippen molar-refractivity contribution in [1.82, 2.24) is 9.88 Å². The molecule has 5 nitrogen and oxygen atoms in total. The fourth-order valence-corrected chi connectivity index (χ4v) is 2.88.